The van der Waals surface area contributed by atoms with Crippen molar-refractivity contribution in [3.63, 3.8) is 0 Å². The minimum absolute atomic E-state index is 0.254. The summed E-state index contributed by atoms with van der Waals surface area (Å²) in [6.45, 7) is 5.07. The van der Waals surface area contributed by atoms with Crippen molar-refractivity contribution in [2.24, 2.45) is 5.73 Å². The number of benzene rings is 1. The molecular weight excluding hydrogens is 277 g/mol. The fraction of sp³-hybridized carbons (Fsp3) is 0.625. The first-order valence-corrected chi connectivity index (χ1v) is 7.47. The van der Waals surface area contributed by atoms with Crippen molar-refractivity contribution in [2.45, 2.75) is 57.4 Å². The fourth-order valence-electron chi connectivity index (χ4n) is 3.09. The highest BCUT2D eigenvalue weighted by atomic mass is 19.4. The number of piperidine rings is 1. The van der Waals surface area contributed by atoms with Crippen molar-refractivity contribution < 1.29 is 13.2 Å². The number of hydrogen-bond acceptors (Lipinski definition) is 2. The van der Waals surface area contributed by atoms with E-state index in [1.165, 1.54) is 18.6 Å². The molecule has 1 aromatic rings. The number of halogens is 3. The maximum Gasteiger partial charge on any atom is 0.416 e. The largest absolute Gasteiger partial charge is 0.416 e. The number of nitrogens with zero attached hydrogens (tertiary/aromatic N) is 1. The minimum Gasteiger partial charge on any atom is -0.323 e. The second-order valence-electron chi connectivity index (χ2n) is 6.05. The van der Waals surface area contributed by atoms with E-state index in [2.05, 4.69) is 18.7 Å². The van der Waals surface area contributed by atoms with Gasteiger partial charge < -0.3 is 5.73 Å². The van der Waals surface area contributed by atoms with Crippen molar-refractivity contribution >= 4 is 0 Å². The lowest BCUT2D eigenvalue weighted by atomic mass is 9.95. The molecule has 2 N–H and O–H groups in total. The molecule has 0 aromatic heterocycles. The van der Waals surface area contributed by atoms with Crippen LogP contribution in [0.3, 0.4) is 0 Å². The van der Waals surface area contributed by atoms with Gasteiger partial charge in [0.15, 0.2) is 0 Å². The first kappa shape index (κ1) is 16.3. The van der Waals surface area contributed by atoms with Crippen LogP contribution in [0.15, 0.2) is 24.3 Å². The summed E-state index contributed by atoms with van der Waals surface area (Å²) in [6.07, 6.45) is -0.749. The fourth-order valence-corrected chi connectivity index (χ4v) is 3.09. The highest BCUT2D eigenvalue weighted by Gasteiger charge is 2.30. The standard InChI is InChI=1S/C16H23F3N2/c1-11-4-3-5-12(2)21(11)10-15(20)13-6-8-14(9-7-13)16(17,18)19/h6-9,11-12,15H,3-5,10,20H2,1-2H3/t11-,12+,15?. The van der Waals surface area contributed by atoms with Gasteiger partial charge in [-0.05, 0) is 44.4 Å². The average molecular weight is 300 g/mol. The molecule has 2 rings (SSSR count). The normalized spacial score (nSPS) is 25.8. The average Bonchev–Trinajstić information content (AvgIpc) is 2.42. The number of rotatable bonds is 3. The molecule has 2 nitrogen and oxygen atoms in total. The van der Waals surface area contributed by atoms with Gasteiger partial charge in [0.2, 0.25) is 0 Å². The summed E-state index contributed by atoms with van der Waals surface area (Å²) in [6, 6.07) is 5.91. The van der Waals surface area contributed by atoms with Crippen LogP contribution >= 0.6 is 0 Å². The van der Waals surface area contributed by atoms with Crippen LogP contribution in [0, 0.1) is 0 Å². The molecule has 0 radical (unpaired) electrons. The Morgan fingerprint density at radius 1 is 1.14 bits per heavy atom. The maximum absolute atomic E-state index is 12.6. The Labute approximate surface area is 124 Å². The third-order valence-corrected chi connectivity index (χ3v) is 4.45. The van der Waals surface area contributed by atoms with Gasteiger partial charge in [-0.25, -0.2) is 0 Å². The first-order chi connectivity index (χ1) is 9.79. The molecule has 0 amide bonds. The van der Waals surface area contributed by atoms with Crippen molar-refractivity contribution in [3.05, 3.63) is 35.4 Å². The second kappa shape index (κ2) is 6.36. The smallest absolute Gasteiger partial charge is 0.323 e. The zero-order chi connectivity index (χ0) is 15.6. The van der Waals surface area contributed by atoms with Crippen LogP contribution in [0.1, 0.15) is 50.3 Å². The van der Waals surface area contributed by atoms with E-state index in [0.717, 1.165) is 30.5 Å². The van der Waals surface area contributed by atoms with Crippen LogP contribution in [-0.4, -0.2) is 23.5 Å². The number of alkyl halides is 3. The lowest BCUT2D eigenvalue weighted by molar-refractivity contribution is -0.137. The molecule has 0 saturated carbocycles. The van der Waals surface area contributed by atoms with Gasteiger partial charge >= 0.3 is 6.18 Å². The van der Waals surface area contributed by atoms with Gasteiger partial charge in [0.1, 0.15) is 0 Å². The van der Waals surface area contributed by atoms with Gasteiger partial charge in [-0.2, -0.15) is 13.2 Å². The molecule has 1 aliphatic rings. The van der Waals surface area contributed by atoms with Crippen LogP contribution in [-0.2, 0) is 6.18 Å². The van der Waals surface area contributed by atoms with E-state index in [9.17, 15) is 13.2 Å². The maximum atomic E-state index is 12.6. The quantitative estimate of drug-likeness (QED) is 0.915. The predicted octanol–water partition coefficient (Wildman–Crippen LogP) is 3.97. The topological polar surface area (TPSA) is 29.3 Å². The Morgan fingerprint density at radius 2 is 1.67 bits per heavy atom. The summed E-state index contributed by atoms with van der Waals surface area (Å²) in [5.41, 5.74) is 6.32. The lowest BCUT2D eigenvalue weighted by Gasteiger charge is -2.40. The van der Waals surface area contributed by atoms with E-state index in [-0.39, 0.29) is 6.04 Å². The summed E-state index contributed by atoms with van der Waals surface area (Å²) in [4.78, 5) is 2.37. The Kier molecular flexibility index (Phi) is 4.94. The number of nitrogens with two attached hydrogens (primary N) is 1. The van der Waals surface area contributed by atoms with Crippen LogP contribution in [0.25, 0.3) is 0 Å². The summed E-state index contributed by atoms with van der Waals surface area (Å²) >= 11 is 0. The van der Waals surface area contributed by atoms with Gasteiger partial charge in [0.25, 0.3) is 0 Å². The molecule has 5 heteroatoms. The van der Waals surface area contributed by atoms with E-state index in [0.29, 0.717) is 18.6 Å². The predicted molar refractivity (Wildman–Crippen MR) is 77.9 cm³/mol. The molecule has 1 fully saturated rings. The van der Waals surface area contributed by atoms with Gasteiger partial charge in [-0.1, -0.05) is 18.6 Å². The molecule has 3 atom stereocenters. The Hall–Kier alpha value is -1.07. The first-order valence-electron chi connectivity index (χ1n) is 7.47. The van der Waals surface area contributed by atoms with Crippen molar-refractivity contribution in [2.75, 3.05) is 6.54 Å². The van der Waals surface area contributed by atoms with E-state index >= 15 is 0 Å². The minimum atomic E-state index is -4.29. The molecule has 1 saturated heterocycles. The number of likely N-dealkylation sites (tertiary alicyclic amines) is 1. The zero-order valence-electron chi connectivity index (χ0n) is 12.5. The molecule has 21 heavy (non-hydrogen) atoms. The third kappa shape index (κ3) is 3.98. The van der Waals surface area contributed by atoms with Crippen LogP contribution < -0.4 is 5.73 Å². The van der Waals surface area contributed by atoms with E-state index in [4.69, 9.17) is 5.73 Å². The van der Waals surface area contributed by atoms with Crippen LogP contribution in [0.4, 0.5) is 13.2 Å². The van der Waals surface area contributed by atoms with Crippen LogP contribution in [0.2, 0.25) is 0 Å². The van der Waals surface area contributed by atoms with E-state index in [1.807, 2.05) is 0 Å². The summed E-state index contributed by atoms with van der Waals surface area (Å²) < 4.78 is 37.7. The molecule has 1 heterocycles. The van der Waals surface area contributed by atoms with Crippen LogP contribution in [0.5, 0.6) is 0 Å². The van der Waals surface area contributed by atoms with Gasteiger partial charge in [-0.3, -0.25) is 4.90 Å². The SMILES string of the molecule is C[C@@H]1CCC[C@H](C)N1CC(N)c1ccc(C(F)(F)F)cc1. The molecule has 0 aliphatic carbocycles. The van der Waals surface area contributed by atoms with E-state index < -0.39 is 11.7 Å². The van der Waals surface area contributed by atoms with Crippen molar-refractivity contribution in [1.29, 1.82) is 0 Å². The molecule has 0 bridgehead atoms. The highest BCUT2D eigenvalue weighted by molar-refractivity contribution is 5.26. The van der Waals surface area contributed by atoms with Crippen molar-refractivity contribution in [1.82, 2.24) is 4.90 Å². The molecule has 1 aliphatic heterocycles. The van der Waals surface area contributed by atoms with Gasteiger partial charge in [0, 0.05) is 24.7 Å². The van der Waals surface area contributed by atoms with Gasteiger partial charge in [0.05, 0.1) is 5.56 Å². The molecule has 118 valence electrons. The monoisotopic (exact) mass is 300 g/mol. The molecule has 1 unspecified atom stereocenters. The third-order valence-electron chi connectivity index (χ3n) is 4.45. The highest BCUT2D eigenvalue weighted by Crippen LogP contribution is 2.30. The van der Waals surface area contributed by atoms with Crippen molar-refractivity contribution in [3.8, 4) is 0 Å². The Morgan fingerprint density at radius 3 is 2.14 bits per heavy atom. The Bertz CT molecular complexity index is 446. The summed E-state index contributed by atoms with van der Waals surface area (Å²) in [7, 11) is 0. The summed E-state index contributed by atoms with van der Waals surface area (Å²) in [5, 5.41) is 0. The molecule has 0 spiro atoms. The van der Waals surface area contributed by atoms with Gasteiger partial charge in [-0.15, -0.1) is 0 Å². The summed E-state index contributed by atoms with van der Waals surface area (Å²) in [5.74, 6) is 0. The zero-order valence-corrected chi connectivity index (χ0v) is 12.5. The Balaban J connectivity index is 2.04. The van der Waals surface area contributed by atoms with E-state index in [1.54, 1.807) is 0 Å². The lowest BCUT2D eigenvalue weighted by Crippen LogP contribution is -2.46. The molecule has 1 aromatic carbocycles. The molecular formula is C16H23F3N2. The second-order valence-corrected chi connectivity index (χ2v) is 6.05. The number of hydrogen-bond donors (Lipinski definition) is 1.